The van der Waals surface area contributed by atoms with Crippen LogP contribution in [0.15, 0.2) is 76.7 Å². The first-order chi connectivity index (χ1) is 29.6. The fourth-order valence-electron chi connectivity index (χ4n) is 8.94. The van der Waals surface area contributed by atoms with Gasteiger partial charge in [-0.05, 0) is 66.4 Å². The molecule has 3 amide bonds. The summed E-state index contributed by atoms with van der Waals surface area (Å²) < 4.78 is 1.14. The second kappa shape index (κ2) is 16.5. The van der Waals surface area contributed by atoms with Crippen molar-refractivity contribution < 1.29 is 14.4 Å². The highest BCUT2D eigenvalue weighted by molar-refractivity contribution is 6.06. The molecule has 0 unspecified atom stereocenters. The van der Waals surface area contributed by atoms with Crippen LogP contribution in [0.1, 0.15) is 57.1 Å². The van der Waals surface area contributed by atoms with Crippen LogP contribution in [0, 0.1) is 0 Å². The number of carbonyl (C=O) groups is 3. The summed E-state index contributed by atoms with van der Waals surface area (Å²) >= 11 is 0. The number of carbonyl (C=O) groups excluding carboxylic acids is 3. The molecule has 3 aliphatic heterocycles. The molecule has 0 radical (unpaired) electrons. The fraction of sp³-hybridized carbons (Fsp3) is 0.409. The largest absolute Gasteiger partial charge is 0.368 e. The fourth-order valence-corrected chi connectivity index (χ4v) is 8.94. The van der Waals surface area contributed by atoms with Gasteiger partial charge in [0.05, 0.1) is 51.5 Å². The molecule has 316 valence electrons. The molecule has 4 aromatic heterocycles. The Morgan fingerprint density at radius 3 is 2.00 bits per heavy atom. The molecule has 0 atom stereocenters. The zero-order chi connectivity index (χ0) is 42.3. The van der Waals surface area contributed by atoms with Gasteiger partial charge in [-0.2, -0.15) is 0 Å². The molecule has 1 saturated carbocycles. The lowest BCUT2D eigenvalue weighted by Gasteiger charge is -2.36. The quantitative estimate of drug-likeness (QED) is 0.176. The van der Waals surface area contributed by atoms with Gasteiger partial charge in [0, 0.05) is 98.8 Å². The van der Waals surface area contributed by atoms with Crippen molar-refractivity contribution in [2.24, 2.45) is 0 Å². The van der Waals surface area contributed by atoms with Gasteiger partial charge in [-0.25, -0.2) is 14.8 Å². The Balaban J connectivity index is 0.748. The number of rotatable bonds is 11. The minimum atomic E-state index is -0.526. The summed E-state index contributed by atoms with van der Waals surface area (Å²) in [4.78, 5) is 91.5. The molecule has 3 fully saturated rings. The van der Waals surface area contributed by atoms with E-state index in [1.165, 1.54) is 4.90 Å². The maximum absolute atomic E-state index is 13.5. The minimum absolute atomic E-state index is 0.0295. The Hall–Kier alpha value is -6.46. The van der Waals surface area contributed by atoms with E-state index in [1.54, 1.807) is 44.7 Å². The Kier molecular flexibility index (Phi) is 10.8. The van der Waals surface area contributed by atoms with Crippen LogP contribution in [0.3, 0.4) is 0 Å². The zero-order valence-corrected chi connectivity index (χ0v) is 34.5. The number of nitrogens with zero attached hydrogens (tertiary/aromatic N) is 9. The number of hydrogen-bond donors (Lipinski definition) is 3. The van der Waals surface area contributed by atoms with Crippen molar-refractivity contribution in [1.29, 1.82) is 0 Å². The van der Waals surface area contributed by atoms with Gasteiger partial charge >= 0.3 is 5.69 Å². The van der Waals surface area contributed by atoms with Crippen molar-refractivity contribution in [3.63, 3.8) is 0 Å². The lowest BCUT2D eigenvalue weighted by atomic mass is 9.67. The molecule has 9 rings (SSSR count). The molecule has 17 heteroatoms. The minimum Gasteiger partial charge on any atom is -0.368 e. The molecule has 3 N–H and O–H groups in total. The Morgan fingerprint density at radius 1 is 0.770 bits per heavy atom. The molecule has 1 aromatic carbocycles. The van der Waals surface area contributed by atoms with Crippen molar-refractivity contribution in [2.75, 3.05) is 88.1 Å². The number of benzene rings is 1. The molecule has 0 bridgehead atoms. The van der Waals surface area contributed by atoms with E-state index in [-0.39, 0.29) is 36.5 Å². The van der Waals surface area contributed by atoms with Crippen LogP contribution >= 0.6 is 0 Å². The van der Waals surface area contributed by atoms with Crippen molar-refractivity contribution in [3.05, 3.63) is 116 Å². The van der Waals surface area contributed by atoms with Crippen LogP contribution in [0.2, 0.25) is 0 Å². The molecule has 1 spiro atoms. The average molecular weight is 827 g/mol. The highest BCUT2D eigenvalue weighted by atomic mass is 16.2. The van der Waals surface area contributed by atoms with Gasteiger partial charge in [-0.1, -0.05) is 12.5 Å². The van der Waals surface area contributed by atoms with E-state index >= 15 is 0 Å². The lowest BCUT2D eigenvalue weighted by molar-refractivity contribution is -0.123. The van der Waals surface area contributed by atoms with Gasteiger partial charge in [0.25, 0.3) is 17.4 Å². The van der Waals surface area contributed by atoms with Crippen LogP contribution < -0.4 is 31.7 Å². The third kappa shape index (κ3) is 7.86. The molecule has 17 nitrogen and oxygen atoms in total. The molecule has 5 aromatic rings. The van der Waals surface area contributed by atoms with Crippen LogP contribution in [0.4, 0.5) is 17.1 Å². The van der Waals surface area contributed by atoms with Crippen molar-refractivity contribution >= 4 is 45.7 Å². The number of aromatic nitrogens is 5. The second-order valence-electron chi connectivity index (χ2n) is 16.5. The summed E-state index contributed by atoms with van der Waals surface area (Å²) in [6.45, 7) is 8.13. The zero-order valence-electron chi connectivity index (χ0n) is 34.5. The van der Waals surface area contributed by atoms with Crippen molar-refractivity contribution in [3.8, 4) is 0 Å². The van der Waals surface area contributed by atoms with E-state index in [0.29, 0.717) is 23.1 Å². The van der Waals surface area contributed by atoms with Crippen molar-refractivity contribution in [2.45, 2.75) is 44.3 Å². The smallest absolute Gasteiger partial charge is 0.328 e. The van der Waals surface area contributed by atoms with E-state index < -0.39 is 16.7 Å². The summed E-state index contributed by atoms with van der Waals surface area (Å²) in [6.07, 6.45) is 8.19. The molecule has 61 heavy (non-hydrogen) atoms. The normalized spacial score (nSPS) is 17.6. The lowest BCUT2D eigenvalue weighted by Crippen LogP contribution is -2.46. The highest BCUT2D eigenvalue weighted by Crippen LogP contribution is 2.50. The number of anilines is 3. The van der Waals surface area contributed by atoms with Crippen LogP contribution in [0.25, 0.3) is 10.9 Å². The Labute approximate surface area is 352 Å². The Morgan fingerprint density at radius 2 is 1.41 bits per heavy atom. The summed E-state index contributed by atoms with van der Waals surface area (Å²) in [5.41, 5.74) is 5.56. The molecule has 1 aliphatic carbocycles. The van der Waals surface area contributed by atoms with Gasteiger partial charge in [0.2, 0.25) is 5.91 Å². The first kappa shape index (κ1) is 40.0. The number of aromatic amines is 1. The number of fused-ring (bicyclic) bond motifs is 3. The van der Waals surface area contributed by atoms with E-state index in [9.17, 15) is 24.0 Å². The van der Waals surface area contributed by atoms with Gasteiger partial charge < -0.3 is 30.3 Å². The predicted molar refractivity (Wildman–Crippen MR) is 231 cm³/mol. The highest BCUT2D eigenvalue weighted by Gasteiger charge is 2.52. The van der Waals surface area contributed by atoms with Gasteiger partial charge in [-0.15, -0.1) is 0 Å². The number of amides is 3. The maximum atomic E-state index is 13.5. The second-order valence-corrected chi connectivity index (χ2v) is 16.5. The average Bonchev–Trinajstić information content (AvgIpc) is 3.57. The first-order valence-electron chi connectivity index (χ1n) is 21.0. The number of hydrogen-bond acceptors (Lipinski definition) is 12. The number of piperazine rings is 2. The van der Waals surface area contributed by atoms with E-state index in [4.69, 9.17) is 4.98 Å². The van der Waals surface area contributed by atoms with E-state index in [0.717, 1.165) is 117 Å². The van der Waals surface area contributed by atoms with Gasteiger partial charge in [-0.3, -0.25) is 38.5 Å². The summed E-state index contributed by atoms with van der Waals surface area (Å²) in [6, 6.07) is 14.9. The molecular formula is C44H50N12O5. The SMILES string of the molecule is CNC(=O)c1ccc(N2CCN(Cc3ccc4c(=O)n(CCN(C)C(=O)c5ccc(N6CCN(Cc7cnc8c(c7)NC(=O)C87CCC7)CC6)cn5)c(=O)[nH]c4c3)CC2)cn1. The monoisotopic (exact) mass is 826 g/mol. The first-order valence-corrected chi connectivity index (χ1v) is 21.0. The number of pyridine rings is 3. The standard InChI is InChI=1S/C44H50N12O5/c1-45-39(57)34-8-5-31(25-46-34)54-17-13-52(14-18-54)27-29-4-7-33-36(22-29)50-43(61)56(40(33)58)21-12-51(2)41(59)35-9-6-32(26-47-35)55-19-15-53(16-20-55)28-30-23-37-38(48-24-30)44(10-3-11-44)42(60)49-37/h4-9,22-26H,3,10-21,27-28H2,1-2H3,(H,45,57)(H,49,60)(H,50,61). The Bertz CT molecular complexity index is 2590. The molecule has 7 heterocycles. The maximum Gasteiger partial charge on any atom is 0.328 e. The third-order valence-corrected chi connectivity index (χ3v) is 12.8. The summed E-state index contributed by atoms with van der Waals surface area (Å²) in [7, 11) is 3.22. The molecule has 4 aliphatic rings. The summed E-state index contributed by atoms with van der Waals surface area (Å²) in [5.74, 6) is -0.427. The summed E-state index contributed by atoms with van der Waals surface area (Å²) in [5, 5.41) is 6.05. The van der Waals surface area contributed by atoms with Crippen LogP contribution in [-0.4, -0.2) is 130 Å². The van der Waals surface area contributed by atoms with E-state index in [1.807, 2.05) is 30.5 Å². The van der Waals surface area contributed by atoms with Gasteiger partial charge in [0.15, 0.2) is 0 Å². The van der Waals surface area contributed by atoms with E-state index in [2.05, 4.69) is 51.3 Å². The van der Waals surface area contributed by atoms with Crippen molar-refractivity contribution in [1.82, 2.24) is 44.5 Å². The number of likely N-dealkylation sites (N-methyl/N-ethyl adjacent to an activating group) is 1. The molecule has 2 saturated heterocycles. The number of nitrogens with one attached hydrogen (secondary N) is 3. The third-order valence-electron chi connectivity index (χ3n) is 12.8. The topological polar surface area (TPSA) is 185 Å². The predicted octanol–water partition coefficient (Wildman–Crippen LogP) is 2.02. The van der Waals surface area contributed by atoms with Crippen LogP contribution in [0.5, 0.6) is 0 Å². The number of H-pyrrole nitrogens is 1. The molecular weight excluding hydrogens is 777 g/mol. The van der Waals surface area contributed by atoms with Gasteiger partial charge in [0.1, 0.15) is 11.4 Å². The van der Waals surface area contributed by atoms with Crippen LogP contribution in [-0.2, 0) is 29.8 Å².